The molecule has 0 aliphatic heterocycles. The van der Waals surface area contributed by atoms with Gasteiger partial charge in [-0.15, -0.1) is 0 Å². The molecule has 0 N–H and O–H groups in total. The lowest BCUT2D eigenvalue weighted by Crippen LogP contribution is -2.40. The Bertz CT molecular complexity index is 455. The molecule has 0 saturated carbocycles. The molecule has 84 valence electrons. The summed E-state index contributed by atoms with van der Waals surface area (Å²) in [4.78, 5) is 23.6. The molecule has 3 nitrogen and oxygen atoms in total. The van der Waals surface area contributed by atoms with Crippen LogP contribution >= 0.6 is 0 Å². The molecule has 0 bridgehead atoms. The van der Waals surface area contributed by atoms with Crippen LogP contribution in [0.5, 0.6) is 0 Å². The van der Waals surface area contributed by atoms with E-state index in [9.17, 15) is 14.0 Å². The van der Waals surface area contributed by atoms with Crippen LogP contribution in [0.2, 0.25) is 0 Å². The molecule has 1 aliphatic carbocycles. The summed E-state index contributed by atoms with van der Waals surface area (Å²) >= 11 is 0. The second-order valence-corrected chi connectivity index (χ2v) is 3.87. The first-order valence-electron chi connectivity index (χ1n) is 4.93. The average Bonchev–Trinajstić information content (AvgIpc) is 2.63. The standard InChI is InChI=1S/C12H11FO3/c1-16-11(15)12(7-13)6-8-4-2-3-5-9(8)10(12)14/h2-5H,6-7H2,1H3. The van der Waals surface area contributed by atoms with Gasteiger partial charge in [-0.1, -0.05) is 24.3 Å². The minimum absolute atomic E-state index is 0.0885. The van der Waals surface area contributed by atoms with Crippen LogP contribution < -0.4 is 0 Å². The minimum Gasteiger partial charge on any atom is -0.468 e. The zero-order chi connectivity index (χ0) is 11.8. The fourth-order valence-electron chi connectivity index (χ4n) is 2.08. The fraction of sp³-hybridized carbons (Fsp3) is 0.333. The molecular weight excluding hydrogens is 211 g/mol. The second-order valence-electron chi connectivity index (χ2n) is 3.87. The zero-order valence-corrected chi connectivity index (χ0v) is 8.83. The van der Waals surface area contributed by atoms with Crippen LogP contribution in [0.1, 0.15) is 15.9 Å². The summed E-state index contributed by atoms with van der Waals surface area (Å²) in [7, 11) is 1.16. The summed E-state index contributed by atoms with van der Waals surface area (Å²) in [5.41, 5.74) is -0.528. The van der Waals surface area contributed by atoms with Gasteiger partial charge in [0.2, 0.25) is 0 Å². The molecule has 1 aliphatic rings. The Hall–Kier alpha value is -1.71. The molecule has 0 fully saturated rings. The van der Waals surface area contributed by atoms with Crippen molar-refractivity contribution in [1.29, 1.82) is 0 Å². The number of halogens is 1. The number of hydrogen-bond acceptors (Lipinski definition) is 3. The topological polar surface area (TPSA) is 43.4 Å². The van der Waals surface area contributed by atoms with Crippen LogP contribution in [0, 0.1) is 5.41 Å². The lowest BCUT2D eigenvalue weighted by molar-refractivity contribution is -0.150. The molecule has 0 heterocycles. The van der Waals surface area contributed by atoms with Gasteiger partial charge in [0, 0.05) is 5.56 Å². The second kappa shape index (κ2) is 3.70. The highest BCUT2D eigenvalue weighted by Crippen LogP contribution is 2.38. The van der Waals surface area contributed by atoms with E-state index in [4.69, 9.17) is 0 Å². The first kappa shape index (κ1) is 10.8. The van der Waals surface area contributed by atoms with Crippen LogP contribution in [-0.2, 0) is 16.0 Å². The van der Waals surface area contributed by atoms with Gasteiger partial charge in [-0.2, -0.15) is 0 Å². The summed E-state index contributed by atoms with van der Waals surface area (Å²) in [5.74, 6) is -1.27. The largest absolute Gasteiger partial charge is 0.468 e. The van der Waals surface area contributed by atoms with Gasteiger partial charge >= 0.3 is 5.97 Å². The zero-order valence-electron chi connectivity index (χ0n) is 8.83. The number of carbonyl (C=O) groups excluding carboxylic acids is 2. The molecular formula is C12H11FO3. The quantitative estimate of drug-likeness (QED) is 0.563. The average molecular weight is 222 g/mol. The van der Waals surface area contributed by atoms with Crippen molar-refractivity contribution in [3.05, 3.63) is 35.4 Å². The Balaban J connectivity index is 2.49. The Morgan fingerprint density at radius 2 is 2.19 bits per heavy atom. The van der Waals surface area contributed by atoms with E-state index in [1.807, 2.05) is 0 Å². The predicted molar refractivity (Wildman–Crippen MR) is 54.9 cm³/mol. The fourth-order valence-corrected chi connectivity index (χ4v) is 2.08. The van der Waals surface area contributed by atoms with Crippen LogP contribution in [-0.4, -0.2) is 25.5 Å². The third-order valence-electron chi connectivity index (χ3n) is 2.99. The lowest BCUT2D eigenvalue weighted by atomic mass is 9.85. The number of Topliss-reactive ketones (excluding diaryl/α,β-unsaturated/α-hetero) is 1. The van der Waals surface area contributed by atoms with E-state index in [-0.39, 0.29) is 6.42 Å². The molecule has 0 amide bonds. The van der Waals surface area contributed by atoms with Gasteiger partial charge in [0.05, 0.1) is 7.11 Å². The molecule has 0 aromatic heterocycles. The first-order chi connectivity index (χ1) is 7.65. The normalized spacial score (nSPS) is 23.0. The van der Waals surface area contributed by atoms with E-state index in [0.717, 1.165) is 7.11 Å². The number of rotatable bonds is 2. The highest BCUT2D eigenvalue weighted by atomic mass is 19.1. The Morgan fingerprint density at radius 3 is 2.75 bits per heavy atom. The van der Waals surface area contributed by atoms with E-state index < -0.39 is 23.8 Å². The molecule has 0 radical (unpaired) electrons. The molecule has 2 rings (SSSR count). The highest BCUT2D eigenvalue weighted by Gasteiger charge is 2.52. The number of methoxy groups -OCH3 is 1. The van der Waals surface area contributed by atoms with E-state index in [2.05, 4.69) is 4.74 Å². The predicted octanol–water partition coefficient (Wildman–Crippen LogP) is 1.55. The van der Waals surface area contributed by atoms with E-state index >= 15 is 0 Å². The van der Waals surface area contributed by atoms with Gasteiger partial charge in [-0.25, -0.2) is 4.39 Å². The summed E-state index contributed by atoms with van der Waals surface area (Å²) in [6.45, 7) is -1.02. The molecule has 1 aromatic carbocycles. The van der Waals surface area contributed by atoms with Crippen LogP contribution in [0.15, 0.2) is 24.3 Å². The summed E-state index contributed by atoms with van der Waals surface area (Å²) in [6.07, 6.45) is 0.0885. The van der Waals surface area contributed by atoms with Crippen molar-refractivity contribution in [3.63, 3.8) is 0 Å². The van der Waals surface area contributed by atoms with Crippen molar-refractivity contribution < 1.29 is 18.7 Å². The van der Waals surface area contributed by atoms with Crippen molar-refractivity contribution in [2.45, 2.75) is 6.42 Å². The maximum atomic E-state index is 13.1. The van der Waals surface area contributed by atoms with Gasteiger partial charge in [0.25, 0.3) is 0 Å². The third kappa shape index (κ3) is 1.26. The number of ether oxygens (including phenoxy) is 1. The first-order valence-corrected chi connectivity index (χ1v) is 4.93. The molecule has 0 saturated heterocycles. The Labute approximate surface area is 92.2 Å². The van der Waals surface area contributed by atoms with Crippen LogP contribution in [0.4, 0.5) is 4.39 Å². The van der Waals surface area contributed by atoms with Crippen molar-refractivity contribution in [2.75, 3.05) is 13.8 Å². The minimum atomic E-state index is -1.65. The van der Waals surface area contributed by atoms with Crippen LogP contribution in [0.3, 0.4) is 0 Å². The SMILES string of the molecule is COC(=O)C1(CF)Cc2ccccc2C1=O. The maximum absolute atomic E-state index is 13.1. The number of alkyl halides is 1. The van der Waals surface area contributed by atoms with Crippen molar-refractivity contribution in [3.8, 4) is 0 Å². The van der Waals surface area contributed by atoms with Gasteiger partial charge in [0.1, 0.15) is 6.67 Å². The number of fused-ring (bicyclic) bond motifs is 1. The smallest absolute Gasteiger partial charge is 0.322 e. The van der Waals surface area contributed by atoms with Gasteiger partial charge < -0.3 is 4.74 Å². The third-order valence-corrected chi connectivity index (χ3v) is 2.99. The molecule has 16 heavy (non-hydrogen) atoms. The Morgan fingerprint density at radius 1 is 1.50 bits per heavy atom. The molecule has 1 aromatic rings. The highest BCUT2D eigenvalue weighted by molar-refractivity contribution is 6.16. The Kier molecular flexibility index (Phi) is 2.50. The van der Waals surface area contributed by atoms with Crippen molar-refractivity contribution >= 4 is 11.8 Å². The summed E-state index contributed by atoms with van der Waals surface area (Å²) in [6, 6.07) is 6.80. The maximum Gasteiger partial charge on any atom is 0.322 e. The van der Waals surface area contributed by atoms with Crippen LogP contribution in [0.25, 0.3) is 0 Å². The number of hydrogen-bond donors (Lipinski definition) is 0. The van der Waals surface area contributed by atoms with Gasteiger partial charge in [-0.3, -0.25) is 9.59 Å². The molecule has 4 heteroatoms. The monoisotopic (exact) mass is 222 g/mol. The molecule has 0 spiro atoms. The van der Waals surface area contributed by atoms with Crippen molar-refractivity contribution in [1.82, 2.24) is 0 Å². The van der Waals surface area contributed by atoms with Gasteiger partial charge in [0.15, 0.2) is 11.2 Å². The van der Waals surface area contributed by atoms with E-state index in [1.165, 1.54) is 0 Å². The molecule has 1 atom stereocenters. The number of ketones is 1. The van der Waals surface area contributed by atoms with E-state index in [0.29, 0.717) is 11.1 Å². The number of carbonyl (C=O) groups is 2. The van der Waals surface area contributed by atoms with Gasteiger partial charge in [-0.05, 0) is 12.0 Å². The van der Waals surface area contributed by atoms with E-state index in [1.54, 1.807) is 24.3 Å². The summed E-state index contributed by atoms with van der Waals surface area (Å²) < 4.78 is 17.6. The molecule has 1 unspecified atom stereocenters. The number of benzene rings is 1. The van der Waals surface area contributed by atoms with Crippen molar-refractivity contribution in [2.24, 2.45) is 5.41 Å². The number of esters is 1. The summed E-state index contributed by atoms with van der Waals surface area (Å²) in [5, 5.41) is 0. The lowest BCUT2D eigenvalue weighted by Gasteiger charge is -2.19.